The van der Waals surface area contributed by atoms with E-state index in [1.807, 2.05) is 6.92 Å². The van der Waals surface area contributed by atoms with Crippen LogP contribution in [0.25, 0.3) is 0 Å². The van der Waals surface area contributed by atoms with Crippen LogP contribution in [0.15, 0.2) is 12.2 Å². The van der Waals surface area contributed by atoms with Crippen molar-refractivity contribution in [2.75, 3.05) is 0 Å². The van der Waals surface area contributed by atoms with E-state index in [0.717, 1.165) is 32.1 Å². The van der Waals surface area contributed by atoms with Gasteiger partial charge in [0.1, 0.15) is 0 Å². The molecule has 0 aliphatic heterocycles. The van der Waals surface area contributed by atoms with Crippen molar-refractivity contribution in [3.8, 4) is 0 Å². The molecule has 0 radical (unpaired) electrons. The van der Waals surface area contributed by atoms with E-state index >= 15 is 0 Å². The number of allylic oxidation sites excluding steroid dienone is 1. The molecule has 80 valence electrons. The first-order valence-electron chi connectivity index (χ1n) is 5.45. The molecule has 0 aromatic carbocycles. The van der Waals surface area contributed by atoms with E-state index in [-0.39, 0.29) is 11.9 Å². The molecule has 14 heavy (non-hydrogen) atoms. The fourth-order valence-corrected chi connectivity index (χ4v) is 1.68. The molecule has 0 aromatic rings. The van der Waals surface area contributed by atoms with Crippen LogP contribution in [-0.2, 0) is 4.79 Å². The first-order chi connectivity index (χ1) is 6.74. The van der Waals surface area contributed by atoms with Gasteiger partial charge in [-0.1, -0.05) is 25.5 Å². The lowest BCUT2D eigenvalue weighted by atomic mass is 10.0. The molecule has 0 heterocycles. The number of amides is 1. The van der Waals surface area contributed by atoms with Gasteiger partial charge in [0.25, 0.3) is 0 Å². The maximum atomic E-state index is 11.5. The van der Waals surface area contributed by atoms with Crippen LogP contribution >= 0.6 is 0 Å². The lowest BCUT2D eigenvalue weighted by Crippen LogP contribution is -2.45. The van der Waals surface area contributed by atoms with Gasteiger partial charge < -0.3 is 11.1 Å². The van der Waals surface area contributed by atoms with E-state index in [2.05, 4.69) is 17.5 Å². The van der Waals surface area contributed by atoms with Crippen LogP contribution in [0.4, 0.5) is 0 Å². The Labute approximate surface area is 85.7 Å². The van der Waals surface area contributed by atoms with Gasteiger partial charge in [-0.25, -0.2) is 0 Å². The third-order valence-corrected chi connectivity index (χ3v) is 2.55. The van der Waals surface area contributed by atoms with Gasteiger partial charge in [0.05, 0.1) is 6.04 Å². The van der Waals surface area contributed by atoms with Crippen molar-refractivity contribution < 1.29 is 4.79 Å². The average molecular weight is 196 g/mol. The normalized spacial score (nSPS) is 23.1. The number of hydrogen-bond acceptors (Lipinski definition) is 2. The van der Waals surface area contributed by atoms with Gasteiger partial charge in [0.15, 0.2) is 0 Å². The fraction of sp³-hybridized carbons (Fsp3) is 0.727. The minimum absolute atomic E-state index is 0.00662. The zero-order valence-corrected chi connectivity index (χ0v) is 8.83. The topological polar surface area (TPSA) is 55.1 Å². The Hall–Kier alpha value is -0.830. The molecule has 1 amide bonds. The Morgan fingerprint density at radius 2 is 2.43 bits per heavy atom. The molecule has 0 spiro atoms. The number of nitrogens with two attached hydrogens (primary N) is 1. The fourth-order valence-electron chi connectivity index (χ4n) is 1.68. The standard InChI is InChI=1S/C11H20N2O/c1-2-6-10(12)11(14)13-9-7-4-3-5-8-9/h3-4,9-10H,2,5-8,12H2,1H3,(H,13,14). The summed E-state index contributed by atoms with van der Waals surface area (Å²) in [6.07, 6.45) is 9.07. The third-order valence-electron chi connectivity index (χ3n) is 2.55. The Morgan fingerprint density at radius 1 is 1.64 bits per heavy atom. The van der Waals surface area contributed by atoms with Gasteiger partial charge in [-0.3, -0.25) is 4.79 Å². The maximum Gasteiger partial charge on any atom is 0.237 e. The van der Waals surface area contributed by atoms with Crippen LogP contribution in [0.3, 0.4) is 0 Å². The summed E-state index contributed by atoms with van der Waals surface area (Å²) >= 11 is 0. The van der Waals surface area contributed by atoms with E-state index < -0.39 is 0 Å². The summed E-state index contributed by atoms with van der Waals surface area (Å²) < 4.78 is 0. The summed E-state index contributed by atoms with van der Waals surface area (Å²) in [5.74, 6) is 0.00662. The Balaban J connectivity index is 2.28. The van der Waals surface area contributed by atoms with Crippen molar-refractivity contribution in [2.24, 2.45) is 5.73 Å². The molecule has 0 saturated carbocycles. The van der Waals surface area contributed by atoms with Crippen LogP contribution in [-0.4, -0.2) is 18.0 Å². The molecule has 1 rings (SSSR count). The van der Waals surface area contributed by atoms with Crippen LogP contribution in [0.2, 0.25) is 0 Å². The lowest BCUT2D eigenvalue weighted by Gasteiger charge is -2.21. The van der Waals surface area contributed by atoms with Gasteiger partial charge in [0, 0.05) is 6.04 Å². The highest BCUT2D eigenvalue weighted by atomic mass is 16.2. The minimum atomic E-state index is -0.328. The number of nitrogens with one attached hydrogen (secondary N) is 1. The zero-order valence-electron chi connectivity index (χ0n) is 8.83. The summed E-state index contributed by atoms with van der Waals surface area (Å²) in [5.41, 5.74) is 5.71. The zero-order chi connectivity index (χ0) is 10.4. The molecule has 0 saturated heterocycles. The van der Waals surface area contributed by atoms with Crippen molar-refractivity contribution in [3.63, 3.8) is 0 Å². The van der Waals surface area contributed by atoms with Crippen molar-refractivity contribution in [1.82, 2.24) is 5.32 Å². The molecule has 0 fully saturated rings. The molecule has 1 aliphatic carbocycles. The highest BCUT2D eigenvalue weighted by molar-refractivity contribution is 5.81. The molecule has 2 unspecified atom stereocenters. The number of carbonyl (C=O) groups excluding carboxylic acids is 1. The molecule has 1 aliphatic rings. The Bertz CT molecular complexity index is 213. The number of rotatable bonds is 4. The Morgan fingerprint density at radius 3 is 3.00 bits per heavy atom. The van der Waals surface area contributed by atoms with Crippen LogP contribution < -0.4 is 11.1 Å². The molecule has 0 aromatic heterocycles. The second-order valence-electron chi connectivity index (χ2n) is 3.89. The second kappa shape index (κ2) is 5.81. The molecule has 3 N–H and O–H groups in total. The van der Waals surface area contributed by atoms with Crippen molar-refractivity contribution in [2.45, 2.75) is 51.1 Å². The molecule has 0 bridgehead atoms. The predicted molar refractivity (Wildman–Crippen MR) is 57.8 cm³/mol. The predicted octanol–water partition coefficient (Wildman–Crippen LogP) is 1.34. The summed E-state index contributed by atoms with van der Waals surface area (Å²) in [4.78, 5) is 11.5. The summed E-state index contributed by atoms with van der Waals surface area (Å²) in [6, 6.07) is -0.0266. The van der Waals surface area contributed by atoms with E-state index in [1.54, 1.807) is 0 Å². The first kappa shape index (κ1) is 11.2. The van der Waals surface area contributed by atoms with Crippen molar-refractivity contribution >= 4 is 5.91 Å². The van der Waals surface area contributed by atoms with E-state index in [1.165, 1.54) is 0 Å². The highest BCUT2D eigenvalue weighted by Gasteiger charge is 2.17. The first-order valence-corrected chi connectivity index (χ1v) is 5.45. The lowest BCUT2D eigenvalue weighted by molar-refractivity contribution is -0.123. The molecular weight excluding hydrogens is 176 g/mol. The van der Waals surface area contributed by atoms with Gasteiger partial charge in [-0.2, -0.15) is 0 Å². The van der Waals surface area contributed by atoms with E-state index in [4.69, 9.17) is 5.73 Å². The summed E-state index contributed by atoms with van der Waals surface area (Å²) in [7, 11) is 0. The number of carbonyl (C=O) groups is 1. The van der Waals surface area contributed by atoms with Crippen LogP contribution in [0.5, 0.6) is 0 Å². The highest BCUT2D eigenvalue weighted by Crippen LogP contribution is 2.10. The van der Waals surface area contributed by atoms with Crippen LogP contribution in [0, 0.1) is 0 Å². The smallest absolute Gasteiger partial charge is 0.237 e. The third kappa shape index (κ3) is 3.50. The van der Waals surface area contributed by atoms with Gasteiger partial charge >= 0.3 is 0 Å². The van der Waals surface area contributed by atoms with Gasteiger partial charge in [-0.05, 0) is 25.7 Å². The quantitative estimate of drug-likeness (QED) is 0.667. The second-order valence-corrected chi connectivity index (χ2v) is 3.89. The minimum Gasteiger partial charge on any atom is -0.352 e. The van der Waals surface area contributed by atoms with E-state index in [0.29, 0.717) is 6.04 Å². The molecule has 3 heteroatoms. The summed E-state index contributed by atoms with van der Waals surface area (Å²) in [5, 5.41) is 2.99. The molecular formula is C11H20N2O. The van der Waals surface area contributed by atoms with Gasteiger partial charge in [-0.15, -0.1) is 0 Å². The van der Waals surface area contributed by atoms with Crippen molar-refractivity contribution in [3.05, 3.63) is 12.2 Å². The Kier molecular flexibility index (Phi) is 4.66. The maximum absolute atomic E-state index is 11.5. The van der Waals surface area contributed by atoms with Crippen molar-refractivity contribution in [1.29, 1.82) is 0 Å². The monoisotopic (exact) mass is 196 g/mol. The summed E-state index contributed by atoms with van der Waals surface area (Å²) in [6.45, 7) is 2.04. The SMILES string of the molecule is CCCC(N)C(=O)NC1CC=CCC1. The number of hydrogen-bond donors (Lipinski definition) is 2. The van der Waals surface area contributed by atoms with E-state index in [9.17, 15) is 4.79 Å². The van der Waals surface area contributed by atoms with Gasteiger partial charge in [0.2, 0.25) is 5.91 Å². The average Bonchev–Trinajstić information content (AvgIpc) is 2.19. The molecule has 3 nitrogen and oxygen atoms in total. The largest absolute Gasteiger partial charge is 0.352 e. The van der Waals surface area contributed by atoms with Crippen LogP contribution in [0.1, 0.15) is 39.0 Å². The molecule has 2 atom stereocenters.